The van der Waals surface area contributed by atoms with Crippen molar-refractivity contribution in [1.82, 2.24) is 9.88 Å². The number of aryl methyl sites for hydroxylation is 1. The molecule has 2 heterocycles. The van der Waals surface area contributed by atoms with Gasteiger partial charge in [-0.15, -0.1) is 0 Å². The molecule has 1 aromatic heterocycles. The second kappa shape index (κ2) is 8.36. The van der Waals surface area contributed by atoms with Gasteiger partial charge in [0, 0.05) is 30.7 Å². The van der Waals surface area contributed by atoms with Crippen LogP contribution in [0, 0.1) is 6.92 Å². The van der Waals surface area contributed by atoms with Gasteiger partial charge in [-0.3, -0.25) is 14.7 Å². The standard InChI is InChI=1S/C23H22Cl2N4O2/c1-13(2)28-10-11-29(23(28)31)21-14(3)12-26-20-15(21)6-4-9-18(20)27-22(30)19-16(24)7-5-8-17(19)25/h4-9,12-13H,10-11H2,1-3H3,(H,27,30). The van der Waals surface area contributed by atoms with Gasteiger partial charge in [0.05, 0.1) is 32.5 Å². The number of urea groups is 1. The van der Waals surface area contributed by atoms with E-state index in [4.69, 9.17) is 23.2 Å². The Hall–Kier alpha value is -2.83. The maximum absolute atomic E-state index is 13.0. The molecule has 2 aromatic carbocycles. The van der Waals surface area contributed by atoms with Crippen molar-refractivity contribution in [2.24, 2.45) is 0 Å². The fourth-order valence-corrected chi connectivity index (χ4v) is 4.48. The van der Waals surface area contributed by atoms with E-state index in [0.29, 0.717) is 24.3 Å². The van der Waals surface area contributed by atoms with E-state index in [9.17, 15) is 9.59 Å². The highest BCUT2D eigenvalue weighted by Gasteiger charge is 2.33. The van der Waals surface area contributed by atoms with Crippen molar-refractivity contribution >= 4 is 57.4 Å². The molecule has 6 nitrogen and oxygen atoms in total. The number of halogens is 2. The van der Waals surface area contributed by atoms with Gasteiger partial charge in [0.1, 0.15) is 0 Å². The van der Waals surface area contributed by atoms with E-state index in [1.165, 1.54) is 0 Å². The van der Waals surface area contributed by atoms with Crippen LogP contribution in [0.15, 0.2) is 42.6 Å². The molecule has 31 heavy (non-hydrogen) atoms. The third-order valence-electron chi connectivity index (χ3n) is 5.42. The molecule has 0 spiro atoms. The van der Waals surface area contributed by atoms with Crippen molar-refractivity contribution in [3.05, 3.63) is 63.8 Å². The smallest absolute Gasteiger partial charge is 0.320 e. The molecule has 3 aromatic rings. The van der Waals surface area contributed by atoms with Crippen molar-refractivity contribution in [1.29, 1.82) is 0 Å². The van der Waals surface area contributed by atoms with E-state index < -0.39 is 5.91 Å². The van der Waals surface area contributed by atoms with E-state index in [-0.39, 0.29) is 27.7 Å². The molecule has 1 saturated heterocycles. The number of amides is 3. The predicted molar refractivity (Wildman–Crippen MR) is 125 cm³/mol. The first kappa shape index (κ1) is 21.4. The van der Waals surface area contributed by atoms with Crippen LogP contribution >= 0.6 is 23.2 Å². The molecule has 4 rings (SSSR count). The number of hydrogen-bond donors (Lipinski definition) is 1. The number of benzene rings is 2. The van der Waals surface area contributed by atoms with Crippen molar-refractivity contribution < 1.29 is 9.59 Å². The van der Waals surface area contributed by atoms with Crippen LogP contribution in [-0.4, -0.2) is 41.0 Å². The second-order valence-electron chi connectivity index (χ2n) is 7.76. The first-order valence-corrected chi connectivity index (χ1v) is 10.8. The Morgan fingerprint density at radius 3 is 2.42 bits per heavy atom. The minimum Gasteiger partial charge on any atom is -0.320 e. The zero-order valence-electron chi connectivity index (χ0n) is 17.4. The number of hydrogen-bond acceptors (Lipinski definition) is 3. The molecule has 0 atom stereocenters. The zero-order valence-corrected chi connectivity index (χ0v) is 19.0. The Morgan fingerprint density at radius 2 is 1.77 bits per heavy atom. The highest BCUT2D eigenvalue weighted by Crippen LogP contribution is 2.35. The topological polar surface area (TPSA) is 65.5 Å². The molecule has 1 aliphatic heterocycles. The SMILES string of the molecule is Cc1cnc2c(NC(=O)c3c(Cl)cccc3Cl)cccc2c1N1CCN(C(C)C)C1=O. The molecular weight excluding hydrogens is 435 g/mol. The number of fused-ring (bicyclic) bond motifs is 1. The lowest BCUT2D eigenvalue weighted by molar-refractivity contribution is 0.102. The monoisotopic (exact) mass is 456 g/mol. The summed E-state index contributed by atoms with van der Waals surface area (Å²) in [5, 5.41) is 4.21. The first-order valence-electron chi connectivity index (χ1n) is 10.0. The maximum Gasteiger partial charge on any atom is 0.324 e. The third kappa shape index (κ3) is 3.82. The summed E-state index contributed by atoms with van der Waals surface area (Å²) in [7, 11) is 0. The quantitative estimate of drug-likeness (QED) is 0.543. The van der Waals surface area contributed by atoms with Gasteiger partial charge < -0.3 is 10.2 Å². The lowest BCUT2D eigenvalue weighted by atomic mass is 10.1. The molecule has 0 aliphatic carbocycles. The number of pyridine rings is 1. The number of para-hydroxylation sites is 1. The largest absolute Gasteiger partial charge is 0.324 e. The number of anilines is 2. The van der Waals surface area contributed by atoms with Crippen LogP contribution in [-0.2, 0) is 0 Å². The van der Waals surface area contributed by atoms with E-state index >= 15 is 0 Å². The number of rotatable bonds is 4. The molecule has 160 valence electrons. The summed E-state index contributed by atoms with van der Waals surface area (Å²) in [5.41, 5.74) is 3.02. The van der Waals surface area contributed by atoms with Crippen LogP contribution in [0.1, 0.15) is 29.8 Å². The van der Waals surface area contributed by atoms with E-state index in [0.717, 1.165) is 16.6 Å². The van der Waals surface area contributed by atoms with Crippen molar-refractivity contribution in [3.8, 4) is 0 Å². The number of nitrogens with zero attached hydrogens (tertiary/aromatic N) is 3. The lowest BCUT2D eigenvalue weighted by Gasteiger charge is -2.24. The number of nitrogens with one attached hydrogen (secondary N) is 1. The summed E-state index contributed by atoms with van der Waals surface area (Å²) >= 11 is 12.4. The zero-order chi connectivity index (χ0) is 22.3. The van der Waals surface area contributed by atoms with Gasteiger partial charge in [0.2, 0.25) is 0 Å². The third-order valence-corrected chi connectivity index (χ3v) is 6.05. The summed E-state index contributed by atoms with van der Waals surface area (Å²) in [6.45, 7) is 7.21. The van der Waals surface area contributed by atoms with Gasteiger partial charge in [-0.2, -0.15) is 0 Å². The molecule has 3 amide bonds. The molecule has 1 aliphatic rings. The van der Waals surface area contributed by atoms with E-state index in [1.54, 1.807) is 35.4 Å². The Kier molecular flexibility index (Phi) is 5.77. The summed E-state index contributed by atoms with van der Waals surface area (Å²) < 4.78 is 0. The van der Waals surface area contributed by atoms with Crippen molar-refractivity contribution in [3.63, 3.8) is 0 Å². The van der Waals surface area contributed by atoms with Gasteiger partial charge in [-0.25, -0.2) is 4.79 Å². The molecule has 8 heteroatoms. The predicted octanol–water partition coefficient (Wildman–Crippen LogP) is 5.75. The minimum atomic E-state index is -0.421. The Bertz CT molecular complexity index is 1180. The average Bonchev–Trinajstić information content (AvgIpc) is 3.09. The number of carbonyl (C=O) groups excluding carboxylic acids is 2. The lowest BCUT2D eigenvalue weighted by Crippen LogP contribution is -2.36. The van der Waals surface area contributed by atoms with E-state index in [1.807, 2.05) is 37.8 Å². The van der Waals surface area contributed by atoms with Gasteiger partial charge in [0.15, 0.2) is 0 Å². The second-order valence-corrected chi connectivity index (χ2v) is 8.58. The minimum absolute atomic E-state index is 0.0251. The normalized spacial score (nSPS) is 14.1. The average molecular weight is 457 g/mol. The van der Waals surface area contributed by atoms with Crippen LogP contribution in [0.5, 0.6) is 0 Å². The van der Waals surface area contributed by atoms with Crippen LogP contribution in [0.4, 0.5) is 16.2 Å². The van der Waals surface area contributed by atoms with Crippen LogP contribution in [0.3, 0.4) is 0 Å². The van der Waals surface area contributed by atoms with Crippen LogP contribution in [0.25, 0.3) is 10.9 Å². The summed E-state index contributed by atoms with van der Waals surface area (Å²) in [4.78, 5) is 34.1. The molecule has 0 unspecified atom stereocenters. The van der Waals surface area contributed by atoms with Gasteiger partial charge in [0.25, 0.3) is 5.91 Å². The number of carbonyl (C=O) groups is 2. The van der Waals surface area contributed by atoms with Crippen molar-refractivity contribution in [2.75, 3.05) is 23.3 Å². The highest BCUT2D eigenvalue weighted by molar-refractivity contribution is 6.40. The number of aromatic nitrogens is 1. The molecule has 0 saturated carbocycles. The molecule has 0 bridgehead atoms. The fraction of sp³-hybridized carbons (Fsp3) is 0.261. The van der Waals surface area contributed by atoms with Gasteiger partial charge in [-0.05, 0) is 44.5 Å². The Morgan fingerprint density at radius 1 is 1.10 bits per heavy atom. The molecule has 1 N–H and O–H groups in total. The first-order chi connectivity index (χ1) is 14.8. The summed E-state index contributed by atoms with van der Waals surface area (Å²) in [5.74, 6) is -0.421. The summed E-state index contributed by atoms with van der Waals surface area (Å²) in [6.07, 6.45) is 1.72. The summed E-state index contributed by atoms with van der Waals surface area (Å²) in [6, 6.07) is 10.5. The Balaban J connectivity index is 1.76. The fourth-order valence-electron chi connectivity index (χ4n) is 3.91. The Labute approximate surface area is 190 Å². The molecule has 1 fully saturated rings. The molecular formula is C23H22Cl2N4O2. The maximum atomic E-state index is 13.0. The van der Waals surface area contributed by atoms with Crippen LogP contribution < -0.4 is 10.2 Å². The van der Waals surface area contributed by atoms with E-state index in [2.05, 4.69) is 10.3 Å². The van der Waals surface area contributed by atoms with Gasteiger partial charge in [-0.1, -0.05) is 41.4 Å². The van der Waals surface area contributed by atoms with Crippen molar-refractivity contribution in [2.45, 2.75) is 26.8 Å². The molecule has 0 radical (unpaired) electrons. The highest BCUT2D eigenvalue weighted by atomic mass is 35.5. The van der Waals surface area contributed by atoms with Gasteiger partial charge >= 0.3 is 6.03 Å². The van der Waals surface area contributed by atoms with Crippen LogP contribution in [0.2, 0.25) is 10.0 Å².